The molecule has 0 spiro atoms. The highest BCUT2D eigenvalue weighted by Crippen LogP contribution is 2.02. The molecule has 1 N–H and O–H groups in total. The zero-order valence-corrected chi connectivity index (χ0v) is 6.97. The Kier molecular flexibility index (Phi) is 1.99. The van der Waals surface area contributed by atoms with Gasteiger partial charge in [0, 0.05) is 23.4 Å². The Hall–Kier alpha value is 0.0700. The van der Waals surface area contributed by atoms with Crippen LogP contribution in [0.2, 0.25) is 0 Å². The van der Waals surface area contributed by atoms with Gasteiger partial charge < -0.3 is 10.2 Å². The minimum atomic E-state index is 0.971. The van der Waals surface area contributed by atoms with Crippen molar-refractivity contribution in [2.45, 2.75) is 0 Å². The van der Waals surface area contributed by atoms with Crippen LogP contribution in [-0.2, 0) is 0 Å². The molecular formula is C5H9IN2. The van der Waals surface area contributed by atoms with Gasteiger partial charge in [-0.25, -0.2) is 0 Å². The lowest BCUT2D eigenvalue weighted by Crippen LogP contribution is -2.17. The molecule has 0 aromatic rings. The van der Waals surface area contributed by atoms with Crippen LogP contribution >= 0.6 is 22.6 Å². The van der Waals surface area contributed by atoms with Crippen LogP contribution in [-0.4, -0.2) is 23.0 Å². The average molecular weight is 224 g/mol. The highest BCUT2D eigenvalue weighted by Gasteiger charge is 2.03. The Labute approximate surface area is 63.1 Å². The Morgan fingerprint density at radius 1 is 2.00 bits per heavy atom. The molecule has 0 aromatic heterocycles. The molecule has 8 heavy (non-hydrogen) atoms. The topological polar surface area (TPSA) is 15.3 Å². The van der Waals surface area contributed by atoms with Gasteiger partial charge in [0.15, 0.2) is 0 Å². The predicted molar refractivity (Wildman–Crippen MR) is 42.7 cm³/mol. The van der Waals surface area contributed by atoms with Crippen LogP contribution in [0.3, 0.4) is 0 Å². The third-order valence-corrected chi connectivity index (χ3v) is 1.90. The summed E-state index contributed by atoms with van der Waals surface area (Å²) in [5, 5.41) is 3.24. The molecule has 3 heteroatoms. The summed E-state index contributed by atoms with van der Waals surface area (Å²) in [6.45, 7) is 0.971. The largest absolute Gasteiger partial charge is 0.369 e. The van der Waals surface area contributed by atoms with E-state index in [1.807, 2.05) is 0 Å². The summed E-state index contributed by atoms with van der Waals surface area (Å²) in [7, 11) is 2.06. The van der Waals surface area contributed by atoms with Crippen LogP contribution in [0.5, 0.6) is 0 Å². The van der Waals surface area contributed by atoms with E-state index in [0.717, 1.165) is 11.1 Å². The minimum Gasteiger partial charge on any atom is -0.369 e. The molecular weight excluding hydrogens is 215 g/mol. The van der Waals surface area contributed by atoms with Crippen LogP contribution in [0, 0.1) is 0 Å². The third kappa shape index (κ3) is 1.27. The van der Waals surface area contributed by atoms with Crippen molar-refractivity contribution in [3.8, 4) is 0 Å². The van der Waals surface area contributed by atoms with E-state index in [-0.39, 0.29) is 0 Å². The Morgan fingerprint density at radius 3 is 3.00 bits per heavy atom. The normalized spacial score (nSPS) is 18.2. The van der Waals surface area contributed by atoms with Crippen molar-refractivity contribution in [1.29, 1.82) is 0 Å². The van der Waals surface area contributed by atoms with Crippen LogP contribution in [0.1, 0.15) is 0 Å². The van der Waals surface area contributed by atoms with Gasteiger partial charge in [-0.3, -0.25) is 0 Å². The van der Waals surface area contributed by atoms with E-state index < -0.39 is 0 Å². The van der Waals surface area contributed by atoms with Gasteiger partial charge in [-0.1, -0.05) is 22.6 Å². The maximum absolute atomic E-state index is 3.24. The van der Waals surface area contributed by atoms with E-state index in [4.69, 9.17) is 0 Å². The van der Waals surface area contributed by atoms with Crippen molar-refractivity contribution in [1.82, 2.24) is 10.2 Å². The fraction of sp³-hybridized carbons (Fsp3) is 0.600. The number of rotatable bonds is 1. The van der Waals surface area contributed by atoms with Crippen LogP contribution in [0.25, 0.3) is 0 Å². The lowest BCUT2D eigenvalue weighted by molar-refractivity contribution is 0.473. The molecule has 0 unspecified atom stereocenters. The summed E-state index contributed by atoms with van der Waals surface area (Å²) >= 11 is 2.34. The summed E-state index contributed by atoms with van der Waals surface area (Å²) < 4.78 is 1.09. The lowest BCUT2D eigenvalue weighted by atomic mass is 10.6. The predicted octanol–water partition coefficient (Wildman–Crippen LogP) is 0.755. The average Bonchev–Trinajstić information content (AvgIpc) is 2.14. The van der Waals surface area contributed by atoms with Gasteiger partial charge in [-0.2, -0.15) is 0 Å². The Bertz CT molecular complexity index is 111. The van der Waals surface area contributed by atoms with Crippen LogP contribution in [0.15, 0.2) is 11.9 Å². The first-order valence-corrected chi connectivity index (χ1v) is 4.06. The van der Waals surface area contributed by atoms with E-state index >= 15 is 0 Å². The van der Waals surface area contributed by atoms with Gasteiger partial charge in [-0.05, 0) is 0 Å². The van der Waals surface area contributed by atoms with Gasteiger partial charge in [-0.15, -0.1) is 0 Å². The van der Waals surface area contributed by atoms with Crippen molar-refractivity contribution >= 4 is 22.6 Å². The molecule has 0 atom stereocenters. The highest BCUT2D eigenvalue weighted by molar-refractivity contribution is 14.1. The smallest absolute Gasteiger partial charge is 0.0867 e. The summed E-state index contributed by atoms with van der Waals surface area (Å²) in [4.78, 5) is 2.13. The van der Waals surface area contributed by atoms with Crippen LogP contribution < -0.4 is 5.32 Å². The van der Waals surface area contributed by atoms with Gasteiger partial charge in [0.1, 0.15) is 0 Å². The van der Waals surface area contributed by atoms with Gasteiger partial charge in [0.05, 0.1) is 6.67 Å². The molecule has 1 aliphatic heterocycles. The molecule has 0 aromatic carbocycles. The zero-order chi connectivity index (χ0) is 5.98. The van der Waals surface area contributed by atoms with E-state index in [2.05, 4.69) is 46.1 Å². The number of nitrogens with one attached hydrogen (secondary N) is 1. The van der Waals surface area contributed by atoms with E-state index in [0.29, 0.717) is 0 Å². The Balaban J connectivity index is 2.44. The number of hydrogen-bond donors (Lipinski definition) is 1. The van der Waals surface area contributed by atoms with Crippen molar-refractivity contribution in [3.63, 3.8) is 0 Å². The molecule has 46 valence electrons. The molecule has 0 radical (unpaired) electrons. The second kappa shape index (κ2) is 2.57. The van der Waals surface area contributed by atoms with Crippen molar-refractivity contribution < 1.29 is 0 Å². The first kappa shape index (κ1) is 6.19. The fourth-order valence-electron chi connectivity index (χ4n) is 0.665. The molecule has 0 saturated carbocycles. The van der Waals surface area contributed by atoms with Crippen LogP contribution in [0.4, 0.5) is 0 Å². The second-order valence-corrected chi connectivity index (χ2v) is 2.64. The van der Waals surface area contributed by atoms with Gasteiger partial charge >= 0.3 is 0 Å². The SMILES string of the molecule is CN1C=C(CI)NC1. The molecule has 0 saturated heterocycles. The van der Waals surface area contributed by atoms with E-state index in [1.54, 1.807) is 0 Å². The first-order valence-electron chi connectivity index (χ1n) is 2.53. The minimum absolute atomic E-state index is 0.971. The number of nitrogens with zero attached hydrogens (tertiary/aromatic N) is 1. The molecule has 0 aliphatic carbocycles. The van der Waals surface area contributed by atoms with Gasteiger partial charge in [0.25, 0.3) is 0 Å². The molecule has 0 fully saturated rings. The first-order chi connectivity index (χ1) is 3.83. The molecule has 0 bridgehead atoms. The standard InChI is InChI=1S/C5H9IN2/c1-8-3-5(2-6)7-4-8/h3,7H,2,4H2,1H3. The van der Waals surface area contributed by atoms with E-state index in [9.17, 15) is 0 Å². The van der Waals surface area contributed by atoms with Crippen molar-refractivity contribution in [3.05, 3.63) is 11.9 Å². The Morgan fingerprint density at radius 2 is 2.75 bits per heavy atom. The third-order valence-electron chi connectivity index (χ3n) is 1.08. The number of alkyl halides is 1. The number of halogens is 1. The quantitative estimate of drug-likeness (QED) is 0.522. The second-order valence-electron chi connectivity index (χ2n) is 1.88. The molecule has 1 aliphatic rings. The fourth-order valence-corrected chi connectivity index (χ4v) is 1.13. The summed E-state index contributed by atoms with van der Waals surface area (Å²) in [6, 6.07) is 0. The van der Waals surface area contributed by atoms with Crippen molar-refractivity contribution in [2.75, 3.05) is 18.1 Å². The molecule has 1 heterocycles. The number of allylic oxidation sites excluding steroid dienone is 1. The van der Waals surface area contributed by atoms with Gasteiger partial charge in [0.2, 0.25) is 0 Å². The monoisotopic (exact) mass is 224 g/mol. The summed E-state index contributed by atoms with van der Waals surface area (Å²) in [5.74, 6) is 0. The van der Waals surface area contributed by atoms with Crippen molar-refractivity contribution in [2.24, 2.45) is 0 Å². The maximum Gasteiger partial charge on any atom is 0.0867 e. The highest BCUT2D eigenvalue weighted by atomic mass is 127. The molecule has 1 rings (SSSR count). The summed E-state index contributed by atoms with van der Waals surface area (Å²) in [5.41, 5.74) is 1.33. The molecule has 2 nitrogen and oxygen atoms in total. The van der Waals surface area contributed by atoms with E-state index in [1.165, 1.54) is 5.70 Å². The summed E-state index contributed by atoms with van der Waals surface area (Å²) in [6.07, 6.45) is 2.13. The molecule has 0 amide bonds. The maximum atomic E-state index is 3.24. The zero-order valence-electron chi connectivity index (χ0n) is 4.82. The number of hydrogen-bond acceptors (Lipinski definition) is 2. The lowest BCUT2D eigenvalue weighted by Gasteiger charge is -2.02.